The molecule has 0 bridgehead atoms. The van der Waals surface area contributed by atoms with Crippen LogP contribution in [0.4, 0.5) is 8.78 Å². The van der Waals surface area contributed by atoms with E-state index in [1.165, 1.54) is 12.1 Å². The maximum atomic E-state index is 14.2. The smallest absolute Gasteiger partial charge is 0.142 e. The highest BCUT2D eigenvalue weighted by molar-refractivity contribution is 5.49. The van der Waals surface area contributed by atoms with Crippen LogP contribution in [-0.2, 0) is 6.42 Å². The van der Waals surface area contributed by atoms with E-state index in [0.29, 0.717) is 17.5 Å². The Labute approximate surface area is 176 Å². The molecule has 0 spiro atoms. The molecule has 0 radical (unpaired) electrons. The van der Waals surface area contributed by atoms with Crippen molar-refractivity contribution in [3.05, 3.63) is 100 Å². The van der Waals surface area contributed by atoms with E-state index in [1.54, 1.807) is 19.2 Å². The van der Waals surface area contributed by atoms with Crippen molar-refractivity contribution in [3.63, 3.8) is 0 Å². The Hall–Kier alpha value is -3.56. The summed E-state index contributed by atoms with van der Waals surface area (Å²) in [7, 11) is 1.62. The zero-order valence-corrected chi connectivity index (χ0v) is 17.1. The van der Waals surface area contributed by atoms with Crippen molar-refractivity contribution in [1.82, 2.24) is 0 Å². The topological polar surface area (TPSA) is 9.23 Å². The first kappa shape index (κ1) is 21.2. The SMILES string of the molecule is CCCCc1cc(F)c(C#Cc2ccc(C#Cc3ccc(OC)cc3)cc2)c(F)c1. The molecule has 3 aromatic rings. The highest BCUT2D eigenvalue weighted by atomic mass is 19.1. The molecule has 3 heteroatoms. The number of rotatable bonds is 4. The fourth-order valence-electron chi connectivity index (χ4n) is 2.86. The average molecular weight is 400 g/mol. The van der Waals surface area contributed by atoms with E-state index in [9.17, 15) is 8.78 Å². The zero-order valence-electron chi connectivity index (χ0n) is 17.1. The molecule has 0 atom stereocenters. The second kappa shape index (κ2) is 10.3. The van der Waals surface area contributed by atoms with E-state index in [4.69, 9.17) is 4.74 Å². The third kappa shape index (κ3) is 5.72. The number of unbranched alkanes of at least 4 members (excludes halogenated alkanes) is 1. The molecule has 150 valence electrons. The third-order valence-corrected chi connectivity index (χ3v) is 4.58. The van der Waals surface area contributed by atoms with Gasteiger partial charge in [0.2, 0.25) is 0 Å². The number of methoxy groups -OCH3 is 1. The minimum atomic E-state index is -0.615. The van der Waals surface area contributed by atoms with Crippen LogP contribution in [-0.4, -0.2) is 7.11 Å². The molecule has 30 heavy (non-hydrogen) atoms. The van der Waals surface area contributed by atoms with E-state index in [0.717, 1.165) is 29.7 Å². The minimum absolute atomic E-state index is 0.196. The number of aryl methyl sites for hydroxylation is 1. The first-order valence-electron chi connectivity index (χ1n) is 9.85. The molecular formula is C27H22F2O. The molecule has 0 aliphatic heterocycles. The highest BCUT2D eigenvalue weighted by Crippen LogP contribution is 2.17. The second-order valence-electron chi connectivity index (χ2n) is 6.84. The second-order valence-corrected chi connectivity index (χ2v) is 6.84. The van der Waals surface area contributed by atoms with E-state index in [1.807, 2.05) is 43.3 Å². The lowest BCUT2D eigenvalue weighted by molar-refractivity contribution is 0.415. The molecule has 0 N–H and O–H groups in total. The predicted octanol–water partition coefficient (Wildman–Crippen LogP) is 6.12. The third-order valence-electron chi connectivity index (χ3n) is 4.58. The van der Waals surface area contributed by atoms with Gasteiger partial charge >= 0.3 is 0 Å². The Balaban J connectivity index is 1.73. The summed E-state index contributed by atoms with van der Waals surface area (Å²) >= 11 is 0. The molecule has 0 fully saturated rings. The fourth-order valence-corrected chi connectivity index (χ4v) is 2.86. The van der Waals surface area contributed by atoms with Gasteiger partial charge in [0, 0.05) is 16.7 Å². The number of benzene rings is 3. The van der Waals surface area contributed by atoms with Gasteiger partial charge in [-0.2, -0.15) is 0 Å². The van der Waals surface area contributed by atoms with Gasteiger partial charge in [0.05, 0.1) is 12.7 Å². The number of hydrogen-bond donors (Lipinski definition) is 0. The summed E-state index contributed by atoms with van der Waals surface area (Å²) in [4.78, 5) is 0. The van der Waals surface area contributed by atoms with Crippen LogP contribution in [0.25, 0.3) is 0 Å². The molecule has 0 aromatic heterocycles. The fraction of sp³-hybridized carbons (Fsp3) is 0.185. The van der Waals surface area contributed by atoms with Gasteiger partial charge in [-0.1, -0.05) is 37.0 Å². The van der Waals surface area contributed by atoms with Gasteiger partial charge in [0.1, 0.15) is 17.4 Å². The molecule has 0 saturated heterocycles. The molecule has 0 saturated carbocycles. The molecular weight excluding hydrogens is 378 g/mol. The Morgan fingerprint density at radius 2 is 1.20 bits per heavy atom. The molecule has 0 aliphatic carbocycles. The number of halogens is 2. The van der Waals surface area contributed by atoms with E-state index < -0.39 is 11.6 Å². The van der Waals surface area contributed by atoms with Crippen molar-refractivity contribution in [2.24, 2.45) is 0 Å². The van der Waals surface area contributed by atoms with Crippen LogP contribution in [0.5, 0.6) is 5.75 Å². The van der Waals surface area contributed by atoms with Crippen LogP contribution >= 0.6 is 0 Å². The maximum absolute atomic E-state index is 14.2. The summed E-state index contributed by atoms with van der Waals surface area (Å²) in [6.45, 7) is 2.04. The van der Waals surface area contributed by atoms with Crippen LogP contribution in [0.15, 0.2) is 60.7 Å². The summed E-state index contributed by atoms with van der Waals surface area (Å²) in [6.07, 6.45) is 2.54. The minimum Gasteiger partial charge on any atom is -0.497 e. The van der Waals surface area contributed by atoms with Gasteiger partial charge in [-0.15, -0.1) is 0 Å². The van der Waals surface area contributed by atoms with Crippen molar-refractivity contribution >= 4 is 0 Å². The van der Waals surface area contributed by atoms with Gasteiger partial charge < -0.3 is 4.74 Å². The van der Waals surface area contributed by atoms with Crippen LogP contribution in [0.3, 0.4) is 0 Å². The number of ether oxygens (including phenoxy) is 1. The largest absolute Gasteiger partial charge is 0.497 e. The normalized spacial score (nSPS) is 9.87. The Morgan fingerprint density at radius 3 is 1.67 bits per heavy atom. The summed E-state index contributed by atoms with van der Waals surface area (Å²) in [5.41, 5.74) is 2.84. The highest BCUT2D eigenvalue weighted by Gasteiger charge is 2.09. The van der Waals surface area contributed by atoms with Crippen molar-refractivity contribution in [2.75, 3.05) is 7.11 Å². The Morgan fingerprint density at radius 1 is 0.733 bits per heavy atom. The molecule has 3 aromatic carbocycles. The van der Waals surface area contributed by atoms with Gasteiger partial charge in [-0.05, 0) is 79.1 Å². The monoisotopic (exact) mass is 400 g/mol. The van der Waals surface area contributed by atoms with Crippen LogP contribution in [0.2, 0.25) is 0 Å². The first-order valence-corrected chi connectivity index (χ1v) is 9.85. The van der Waals surface area contributed by atoms with Crippen molar-refractivity contribution in [2.45, 2.75) is 26.2 Å². The summed E-state index contributed by atoms with van der Waals surface area (Å²) < 4.78 is 33.6. The summed E-state index contributed by atoms with van der Waals surface area (Å²) in [6, 6.07) is 17.5. The van der Waals surface area contributed by atoms with Crippen LogP contribution < -0.4 is 4.74 Å². The summed E-state index contributed by atoms with van der Waals surface area (Å²) in [5.74, 6) is 11.2. The van der Waals surface area contributed by atoms with Crippen molar-refractivity contribution in [3.8, 4) is 29.4 Å². The Bertz CT molecular complexity index is 1100. The molecule has 0 aliphatic rings. The average Bonchev–Trinajstić information content (AvgIpc) is 2.77. The van der Waals surface area contributed by atoms with Gasteiger partial charge in [-0.3, -0.25) is 0 Å². The van der Waals surface area contributed by atoms with Crippen molar-refractivity contribution in [1.29, 1.82) is 0 Å². The zero-order chi connectivity index (χ0) is 21.3. The first-order chi connectivity index (χ1) is 14.6. The Kier molecular flexibility index (Phi) is 7.25. The lowest BCUT2D eigenvalue weighted by Gasteiger charge is -2.03. The maximum Gasteiger partial charge on any atom is 0.142 e. The quantitative estimate of drug-likeness (QED) is 0.480. The lowest BCUT2D eigenvalue weighted by Crippen LogP contribution is -1.95. The van der Waals surface area contributed by atoms with Crippen LogP contribution in [0, 0.1) is 35.3 Å². The number of hydrogen-bond acceptors (Lipinski definition) is 1. The molecule has 3 rings (SSSR count). The van der Waals surface area contributed by atoms with Gasteiger partial charge in [0.15, 0.2) is 0 Å². The van der Waals surface area contributed by atoms with E-state index in [-0.39, 0.29) is 5.56 Å². The van der Waals surface area contributed by atoms with Crippen molar-refractivity contribution < 1.29 is 13.5 Å². The molecule has 0 heterocycles. The molecule has 0 unspecified atom stereocenters. The van der Waals surface area contributed by atoms with Gasteiger partial charge in [0.25, 0.3) is 0 Å². The van der Waals surface area contributed by atoms with E-state index in [2.05, 4.69) is 23.7 Å². The van der Waals surface area contributed by atoms with Crippen LogP contribution in [0.1, 0.15) is 47.6 Å². The molecule has 0 amide bonds. The standard InChI is InChI=1S/C27H22F2O/c1-3-4-5-23-18-26(28)25(27(29)19-23)17-14-21-9-6-20(7-10-21)8-11-22-12-15-24(30-2)16-13-22/h6-7,9-10,12-13,15-16,18-19H,3-5H2,1-2H3. The lowest BCUT2D eigenvalue weighted by atomic mass is 10.0. The predicted molar refractivity (Wildman–Crippen MR) is 116 cm³/mol. The molecule has 1 nitrogen and oxygen atoms in total. The van der Waals surface area contributed by atoms with Gasteiger partial charge in [-0.25, -0.2) is 8.78 Å². The summed E-state index contributed by atoms with van der Waals surface area (Å²) in [5, 5.41) is 0. The van der Waals surface area contributed by atoms with E-state index >= 15 is 0 Å².